The molecule has 110 valence electrons. The van der Waals surface area contributed by atoms with E-state index in [0.29, 0.717) is 5.92 Å². The summed E-state index contributed by atoms with van der Waals surface area (Å²) in [4.78, 5) is 14.1. The molecule has 0 spiro atoms. The third kappa shape index (κ3) is 3.51. The molecule has 0 saturated heterocycles. The smallest absolute Gasteiger partial charge is 0.321 e. The second kappa shape index (κ2) is 6.75. The van der Waals surface area contributed by atoms with Crippen molar-refractivity contribution in [2.24, 2.45) is 5.92 Å². The van der Waals surface area contributed by atoms with Crippen LogP contribution in [0, 0.1) is 12.8 Å². The molecule has 2 N–H and O–H groups in total. The highest BCUT2D eigenvalue weighted by Gasteiger charge is 2.26. The van der Waals surface area contributed by atoms with Crippen molar-refractivity contribution in [1.82, 2.24) is 4.90 Å². The number of nitrogens with one attached hydrogen (secondary N) is 1. The number of carbonyl (C=O) groups is 1. The van der Waals surface area contributed by atoms with Crippen molar-refractivity contribution in [3.63, 3.8) is 0 Å². The van der Waals surface area contributed by atoms with Gasteiger partial charge in [-0.15, -0.1) is 0 Å². The van der Waals surface area contributed by atoms with E-state index < -0.39 is 0 Å². The average molecular weight is 276 g/mol. The Hall–Kier alpha value is -1.55. The predicted octanol–water partition coefficient (Wildman–Crippen LogP) is 3.01. The summed E-state index contributed by atoms with van der Waals surface area (Å²) >= 11 is 0. The lowest BCUT2D eigenvalue weighted by Crippen LogP contribution is -2.42. The zero-order valence-corrected chi connectivity index (χ0v) is 12.3. The van der Waals surface area contributed by atoms with Gasteiger partial charge in [0.25, 0.3) is 0 Å². The molecule has 0 aromatic heterocycles. The van der Waals surface area contributed by atoms with E-state index in [0.717, 1.165) is 36.9 Å². The van der Waals surface area contributed by atoms with E-state index in [1.54, 1.807) is 4.90 Å². The molecule has 1 aliphatic carbocycles. The summed E-state index contributed by atoms with van der Waals surface area (Å²) < 4.78 is 0. The summed E-state index contributed by atoms with van der Waals surface area (Å²) in [6, 6.07) is 8.03. The van der Waals surface area contributed by atoms with Crippen molar-refractivity contribution in [2.45, 2.75) is 38.6 Å². The number of nitrogens with zero attached hydrogens (tertiary/aromatic N) is 1. The maximum Gasteiger partial charge on any atom is 0.321 e. The molecule has 1 saturated carbocycles. The number of hydrogen-bond donors (Lipinski definition) is 2. The second-order valence-electron chi connectivity index (χ2n) is 5.71. The summed E-state index contributed by atoms with van der Waals surface area (Å²) in [5.74, 6) is 0.416. The first kappa shape index (κ1) is 14.9. The molecule has 4 nitrogen and oxygen atoms in total. The van der Waals surface area contributed by atoms with Crippen molar-refractivity contribution in [1.29, 1.82) is 0 Å². The molecule has 1 aromatic carbocycles. The third-order valence-electron chi connectivity index (χ3n) is 4.33. The van der Waals surface area contributed by atoms with Gasteiger partial charge in [0.15, 0.2) is 0 Å². The summed E-state index contributed by atoms with van der Waals surface area (Å²) in [7, 11) is 1.86. The molecule has 0 atom stereocenters. The molecule has 4 heteroatoms. The Morgan fingerprint density at radius 1 is 1.30 bits per heavy atom. The molecule has 2 rings (SSSR count). The fourth-order valence-electron chi connectivity index (χ4n) is 2.80. The van der Waals surface area contributed by atoms with Gasteiger partial charge in [-0.2, -0.15) is 0 Å². The fraction of sp³-hybridized carbons (Fsp3) is 0.562. The van der Waals surface area contributed by atoms with Crippen LogP contribution in [0.1, 0.15) is 31.2 Å². The monoisotopic (exact) mass is 276 g/mol. The molecule has 0 aliphatic heterocycles. The number of benzene rings is 1. The van der Waals surface area contributed by atoms with Crippen LogP contribution < -0.4 is 5.32 Å². The van der Waals surface area contributed by atoms with E-state index in [9.17, 15) is 4.79 Å². The number of hydrogen-bond acceptors (Lipinski definition) is 2. The Kier molecular flexibility index (Phi) is 5.01. The molecular formula is C16H24N2O2. The third-order valence-corrected chi connectivity index (χ3v) is 4.33. The van der Waals surface area contributed by atoms with Crippen LogP contribution in [-0.2, 0) is 0 Å². The van der Waals surface area contributed by atoms with Gasteiger partial charge < -0.3 is 15.3 Å². The quantitative estimate of drug-likeness (QED) is 0.891. The van der Waals surface area contributed by atoms with Gasteiger partial charge in [-0.05, 0) is 50.2 Å². The van der Waals surface area contributed by atoms with Gasteiger partial charge in [0, 0.05) is 25.4 Å². The van der Waals surface area contributed by atoms with E-state index >= 15 is 0 Å². The minimum absolute atomic E-state index is 0.0493. The standard InChI is InChI=1S/C16H24N2O2/c1-12-5-3-4-6-15(12)17-16(20)18(2)14-9-7-13(11-19)8-10-14/h3-6,13-14,19H,7-11H2,1-2H3,(H,17,20). The SMILES string of the molecule is Cc1ccccc1NC(=O)N(C)C1CCC(CO)CC1. The van der Waals surface area contributed by atoms with Gasteiger partial charge in [0.05, 0.1) is 0 Å². The highest BCUT2D eigenvalue weighted by Crippen LogP contribution is 2.27. The first-order valence-corrected chi connectivity index (χ1v) is 7.32. The van der Waals surface area contributed by atoms with Crippen LogP contribution in [-0.4, -0.2) is 35.7 Å². The van der Waals surface area contributed by atoms with Gasteiger partial charge in [-0.1, -0.05) is 18.2 Å². The Bertz CT molecular complexity index is 454. The Morgan fingerprint density at radius 2 is 1.95 bits per heavy atom. The molecule has 20 heavy (non-hydrogen) atoms. The van der Waals surface area contributed by atoms with Crippen molar-refractivity contribution in [3.8, 4) is 0 Å². The lowest BCUT2D eigenvalue weighted by Gasteiger charge is -2.34. The number of aliphatic hydroxyl groups is 1. The van der Waals surface area contributed by atoms with E-state index in [-0.39, 0.29) is 18.7 Å². The summed E-state index contributed by atoms with van der Waals surface area (Å²) in [6.07, 6.45) is 3.96. The molecule has 1 fully saturated rings. The van der Waals surface area contributed by atoms with Crippen LogP contribution in [0.5, 0.6) is 0 Å². The number of urea groups is 1. The molecule has 0 unspecified atom stereocenters. The van der Waals surface area contributed by atoms with Crippen LogP contribution in [0.15, 0.2) is 24.3 Å². The van der Waals surface area contributed by atoms with Crippen LogP contribution in [0.4, 0.5) is 10.5 Å². The first-order chi connectivity index (χ1) is 9.61. The number of para-hydroxylation sites is 1. The average Bonchev–Trinajstić information content (AvgIpc) is 2.49. The Morgan fingerprint density at radius 3 is 2.55 bits per heavy atom. The molecular weight excluding hydrogens is 252 g/mol. The van der Waals surface area contributed by atoms with Gasteiger partial charge in [0.2, 0.25) is 0 Å². The van der Waals surface area contributed by atoms with Crippen LogP contribution in [0.2, 0.25) is 0 Å². The summed E-state index contributed by atoms with van der Waals surface area (Å²) in [5, 5.41) is 12.1. The number of aliphatic hydroxyl groups excluding tert-OH is 1. The molecule has 0 heterocycles. The fourth-order valence-corrected chi connectivity index (χ4v) is 2.80. The van der Waals surface area contributed by atoms with E-state index in [1.807, 2.05) is 38.2 Å². The topological polar surface area (TPSA) is 52.6 Å². The van der Waals surface area contributed by atoms with E-state index in [1.165, 1.54) is 0 Å². The highest BCUT2D eigenvalue weighted by molar-refractivity contribution is 5.90. The number of amides is 2. The minimum atomic E-state index is -0.0493. The molecule has 2 amide bonds. The lowest BCUT2D eigenvalue weighted by atomic mass is 9.86. The zero-order valence-electron chi connectivity index (χ0n) is 12.3. The van der Waals surface area contributed by atoms with Crippen LogP contribution in [0.3, 0.4) is 0 Å². The summed E-state index contributed by atoms with van der Waals surface area (Å²) in [6.45, 7) is 2.26. The van der Waals surface area contributed by atoms with Gasteiger partial charge in [-0.3, -0.25) is 0 Å². The van der Waals surface area contributed by atoms with Gasteiger partial charge >= 0.3 is 6.03 Å². The van der Waals surface area contributed by atoms with Crippen LogP contribution in [0.25, 0.3) is 0 Å². The van der Waals surface area contributed by atoms with E-state index in [4.69, 9.17) is 5.11 Å². The van der Waals surface area contributed by atoms with Gasteiger partial charge in [-0.25, -0.2) is 4.79 Å². The van der Waals surface area contributed by atoms with Gasteiger partial charge in [0.1, 0.15) is 0 Å². The highest BCUT2D eigenvalue weighted by atomic mass is 16.3. The minimum Gasteiger partial charge on any atom is -0.396 e. The summed E-state index contributed by atoms with van der Waals surface area (Å²) in [5.41, 5.74) is 1.94. The largest absolute Gasteiger partial charge is 0.396 e. The predicted molar refractivity (Wildman–Crippen MR) is 80.8 cm³/mol. The first-order valence-electron chi connectivity index (χ1n) is 7.32. The normalized spacial score (nSPS) is 22.4. The number of anilines is 1. The molecule has 1 aromatic rings. The van der Waals surface area contributed by atoms with Crippen molar-refractivity contribution < 1.29 is 9.90 Å². The Labute approximate surface area is 120 Å². The van der Waals surface area contributed by atoms with Crippen molar-refractivity contribution >= 4 is 11.7 Å². The maximum atomic E-state index is 12.3. The Balaban J connectivity index is 1.91. The van der Waals surface area contributed by atoms with E-state index in [2.05, 4.69) is 5.32 Å². The van der Waals surface area contributed by atoms with Crippen LogP contribution >= 0.6 is 0 Å². The molecule has 1 aliphatic rings. The second-order valence-corrected chi connectivity index (χ2v) is 5.71. The number of rotatable bonds is 3. The van der Waals surface area contributed by atoms with Crippen molar-refractivity contribution in [2.75, 3.05) is 19.0 Å². The number of carbonyl (C=O) groups excluding carboxylic acids is 1. The maximum absolute atomic E-state index is 12.3. The molecule has 0 radical (unpaired) electrons. The lowest BCUT2D eigenvalue weighted by molar-refractivity contribution is 0.139. The van der Waals surface area contributed by atoms with Crippen molar-refractivity contribution in [3.05, 3.63) is 29.8 Å². The number of aryl methyl sites for hydroxylation is 1. The zero-order chi connectivity index (χ0) is 14.5. The molecule has 0 bridgehead atoms.